The number of nitrogens with zero attached hydrogens (tertiary/aromatic N) is 2. The van der Waals surface area contributed by atoms with Crippen molar-refractivity contribution < 1.29 is 27.5 Å². The van der Waals surface area contributed by atoms with Crippen molar-refractivity contribution in [2.75, 3.05) is 31.6 Å². The molecular weight excluding hydrogens is 554 g/mol. The summed E-state index contributed by atoms with van der Waals surface area (Å²) >= 11 is 0. The first-order valence-electron chi connectivity index (χ1n) is 14.1. The molecule has 0 aromatic heterocycles. The van der Waals surface area contributed by atoms with E-state index in [0.717, 1.165) is 28.3 Å². The van der Waals surface area contributed by atoms with Gasteiger partial charge < -0.3 is 19.7 Å². The third-order valence-electron chi connectivity index (χ3n) is 6.95. The van der Waals surface area contributed by atoms with Crippen LogP contribution in [0.25, 0.3) is 0 Å². The van der Waals surface area contributed by atoms with Gasteiger partial charge in [-0.25, -0.2) is 8.42 Å². The molecule has 0 bridgehead atoms. The Kier molecular flexibility index (Phi) is 11.8. The molecule has 0 fully saturated rings. The minimum Gasteiger partial charge on any atom is -0.497 e. The molecule has 3 aromatic rings. The van der Waals surface area contributed by atoms with E-state index < -0.39 is 28.5 Å². The number of unbranched alkanes of at least 4 members (excludes halogenated alkanes) is 1. The second kappa shape index (κ2) is 15.3. The molecule has 0 saturated carbocycles. The Morgan fingerprint density at radius 2 is 1.57 bits per heavy atom. The number of methoxy groups -OCH3 is 2. The highest BCUT2D eigenvalue weighted by atomic mass is 32.2. The predicted octanol–water partition coefficient (Wildman–Crippen LogP) is 4.93. The molecule has 1 N–H and O–H groups in total. The minimum absolute atomic E-state index is 0.0559. The third kappa shape index (κ3) is 8.25. The van der Waals surface area contributed by atoms with Gasteiger partial charge in [0.25, 0.3) is 10.0 Å². The Morgan fingerprint density at radius 3 is 2.17 bits per heavy atom. The quantitative estimate of drug-likeness (QED) is 0.250. The minimum atomic E-state index is -4.15. The van der Waals surface area contributed by atoms with Crippen molar-refractivity contribution in [2.45, 2.75) is 57.5 Å². The fourth-order valence-electron chi connectivity index (χ4n) is 4.51. The number of rotatable bonds is 15. The van der Waals surface area contributed by atoms with Gasteiger partial charge in [-0.05, 0) is 73.9 Å². The lowest BCUT2D eigenvalue weighted by Crippen LogP contribution is -2.52. The largest absolute Gasteiger partial charge is 0.497 e. The monoisotopic (exact) mass is 595 g/mol. The molecule has 0 saturated heterocycles. The number of hydrogen-bond acceptors (Lipinski definition) is 6. The average Bonchev–Trinajstić information content (AvgIpc) is 3.00. The Bertz CT molecular complexity index is 1430. The van der Waals surface area contributed by atoms with Gasteiger partial charge in [0.15, 0.2) is 0 Å². The van der Waals surface area contributed by atoms with Crippen LogP contribution in [0.15, 0.2) is 77.7 Å². The van der Waals surface area contributed by atoms with Gasteiger partial charge in [0.1, 0.15) is 24.1 Å². The van der Waals surface area contributed by atoms with Crippen molar-refractivity contribution in [2.24, 2.45) is 0 Å². The molecule has 0 radical (unpaired) electrons. The van der Waals surface area contributed by atoms with Gasteiger partial charge in [-0.15, -0.1) is 0 Å². The Morgan fingerprint density at radius 1 is 0.905 bits per heavy atom. The van der Waals surface area contributed by atoms with E-state index >= 15 is 0 Å². The normalized spacial score (nSPS) is 11.8. The molecule has 1 unspecified atom stereocenters. The van der Waals surface area contributed by atoms with Crippen LogP contribution in [0, 0.1) is 6.92 Å². The number of benzene rings is 3. The molecule has 3 aromatic carbocycles. The van der Waals surface area contributed by atoms with E-state index in [4.69, 9.17) is 9.47 Å². The van der Waals surface area contributed by atoms with Crippen molar-refractivity contribution in [1.82, 2.24) is 10.2 Å². The van der Waals surface area contributed by atoms with Crippen LogP contribution < -0.4 is 19.1 Å². The fraction of sp³-hybridized carbons (Fsp3) is 0.375. The van der Waals surface area contributed by atoms with E-state index in [1.54, 1.807) is 55.6 Å². The van der Waals surface area contributed by atoms with Crippen molar-refractivity contribution in [1.29, 1.82) is 0 Å². The van der Waals surface area contributed by atoms with Crippen LogP contribution in [-0.2, 0) is 26.2 Å². The molecule has 10 heteroatoms. The van der Waals surface area contributed by atoms with Gasteiger partial charge in [-0.1, -0.05) is 50.1 Å². The third-order valence-corrected chi connectivity index (χ3v) is 8.74. The van der Waals surface area contributed by atoms with Gasteiger partial charge in [0, 0.05) is 13.1 Å². The van der Waals surface area contributed by atoms with Crippen LogP contribution in [0.1, 0.15) is 44.2 Å². The smallest absolute Gasteiger partial charge is 0.264 e. The number of carbonyl (C=O) groups excluding carboxylic acids is 2. The number of ether oxygens (including phenoxy) is 2. The van der Waals surface area contributed by atoms with Crippen molar-refractivity contribution >= 4 is 27.5 Å². The van der Waals surface area contributed by atoms with Crippen LogP contribution in [-0.4, -0.2) is 58.5 Å². The first-order valence-corrected chi connectivity index (χ1v) is 15.5. The highest BCUT2D eigenvalue weighted by Gasteiger charge is 2.33. The van der Waals surface area contributed by atoms with E-state index in [-0.39, 0.29) is 17.3 Å². The molecule has 0 spiro atoms. The van der Waals surface area contributed by atoms with Gasteiger partial charge in [-0.3, -0.25) is 13.9 Å². The Balaban J connectivity index is 2.05. The first kappa shape index (κ1) is 32.5. The number of nitrogens with one attached hydrogen (secondary N) is 1. The number of amides is 2. The van der Waals surface area contributed by atoms with Gasteiger partial charge in [0.2, 0.25) is 11.8 Å². The summed E-state index contributed by atoms with van der Waals surface area (Å²) in [6.07, 6.45) is 2.07. The van der Waals surface area contributed by atoms with E-state index in [1.807, 2.05) is 32.9 Å². The molecule has 9 nitrogen and oxygen atoms in total. The van der Waals surface area contributed by atoms with Gasteiger partial charge in [0.05, 0.1) is 24.8 Å². The van der Waals surface area contributed by atoms with Crippen molar-refractivity contribution in [3.63, 3.8) is 0 Å². The van der Waals surface area contributed by atoms with Crippen LogP contribution >= 0.6 is 0 Å². The maximum atomic E-state index is 14.2. The Hall–Kier alpha value is -4.05. The van der Waals surface area contributed by atoms with E-state index in [1.165, 1.54) is 24.1 Å². The maximum Gasteiger partial charge on any atom is 0.264 e. The molecule has 0 aliphatic carbocycles. The topological polar surface area (TPSA) is 105 Å². The summed E-state index contributed by atoms with van der Waals surface area (Å²) in [5.41, 5.74) is 1.96. The SMILES string of the molecule is CCCCNC(=O)C(CC)N(Cc1cccc(OC)c1)C(=O)CN(c1ccc(OC)cc1)S(=O)(=O)c1ccc(C)cc1. The molecule has 0 aliphatic rings. The molecule has 3 rings (SSSR count). The van der Waals surface area contributed by atoms with E-state index in [0.29, 0.717) is 30.2 Å². The molecule has 0 heterocycles. The molecule has 226 valence electrons. The molecule has 2 amide bonds. The number of anilines is 1. The zero-order valence-electron chi connectivity index (χ0n) is 25.0. The van der Waals surface area contributed by atoms with E-state index in [2.05, 4.69) is 5.32 Å². The number of sulfonamides is 1. The Labute approximate surface area is 249 Å². The zero-order chi connectivity index (χ0) is 30.7. The summed E-state index contributed by atoms with van der Waals surface area (Å²) in [5.74, 6) is 0.371. The maximum absolute atomic E-state index is 14.2. The summed E-state index contributed by atoms with van der Waals surface area (Å²) in [6, 6.07) is 19.4. The van der Waals surface area contributed by atoms with Gasteiger partial charge in [-0.2, -0.15) is 0 Å². The second-order valence-electron chi connectivity index (χ2n) is 9.96. The summed E-state index contributed by atoms with van der Waals surface area (Å²) < 4.78 is 39.6. The molecule has 1 atom stereocenters. The lowest BCUT2D eigenvalue weighted by atomic mass is 10.1. The summed E-state index contributed by atoms with van der Waals surface area (Å²) in [6.45, 7) is 5.81. The lowest BCUT2D eigenvalue weighted by Gasteiger charge is -2.33. The second-order valence-corrected chi connectivity index (χ2v) is 11.8. The van der Waals surface area contributed by atoms with E-state index in [9.17, 15) is 18.0 Å². The summed E-state index contributed by atoms with van der Waals surface area (Å²) in [7, 11) is -1.07. The zero-order valence-corrected chi connectivity index (χ0v) is 25.8. The molecule has 0 aliphatic heterocycles. The van der Waals surface area contributed by atoms with Crippen LogP contribution in [0.2, 0.25) is 0 Å². The summed E-state index contributed by atoms with van der Waals surface area (Å²) in [5, 5.41) is 2.93. The van der Waals surface area contributed by atoms with Crippen molar-refractivity contribution in [3.8, 4) is 11.5 Å². The molecule has 42 heavy (non-hydrogen) atoms. The highest BCUT2D eigenvalue weighted by Crippen LogP contribution is 2.27. The first-order chi connectivity index (χ1) is 20.1. The predicted molar refractivity (Wildman–Crippen MR) is 164 cm³/mol. The number of carbonyl (C=O) groups is 2. The number of hydrogen-bond donors (Lipinski definition) is 1. The van der Waals surface area contributed by atoms with Crippen molar-refractivity contribution in [3.05, 3.63) is 83.9 Å². The fourth-order valence-corrected chi connectivity index (χ4v) is 5.92. The lowest BCUT2D eigenvalue weighted by molar-refractivity contribution is -0.140. The standard InChI is InChI=1S/C32H41N3O6S/c1-6-8-20-33-32(37)30(7-2)34(22-25-10-9-11-28(21-25)41-5)31(36)23-35(26-14-16-27(40-4)17-15-26)42(38,39)29-18-12-24(3)13-19-29/h9-19,21,30H,6-8,20,22-23H2,1-5H3,(H,33,37). The van der Waals surface area contributed by atoms with Gasteiger partial charge >= 0.3 is 0 Å². The average molecular weight is 596 g/mol. The van der Waals surface area contributed by atoms with Crippen LogP contribution in [0.4, 0.5) is 5.69 Å². The number of aryl methyl sites for hydroxylation is 1. The highest BCUT2D eigenvalue weighted by molar-refractivity contribution is 7.92. The summed E-state index contributed by atoms with van der Waals surface area (Å²) in [4.78, 5) is 29.0. The van der Waals surface area contributed by atoms with Crippen LogP contribution in [0.3, 0.4) is 0 Å². The molecular formula is C32H41N3O6S. The van der Waals surface area contributed by atoms with Crippen LogP contribution in [0.5, 0.6) is 11.5 Å².